The van der Waals surface area contributed by atoms with Gasteiger partial charge in [0.05, 0.1) is 17.4 Å². The monoisotopic (exact) mass is 289 g/mol. The summed E-state index contributed by atoms with van der Waals surface area (Å²) >= 11 is 0. The molecule has 0 spiro atoms. The normalized spacial score (nSPS) is 13.5. The molecule has 1 aromatic carbocycles. The van der Waals surface area contributed by atoms with Gasteiger partial charge in [-0.05, 0) is 36.8 Å². The van der Waals surface area contributed by atoms with Gasteiger partial charge >= 0.3 is 0 Å². The third-order valence-electron chi connectivity index (χ3n) is 3.66. The van der Waals surface area contributed by atoms with Crippen LogP contribution in [0.5, 0.6) is 0 Å². The van der Waals surface area contributed by atoms with Gasteiger partial charge in [0, 0.05) is 18.4 Å². The van der Waals surface area contributed by atoms with Crippen molar-refractivity contribution in [1.82, 2.24) is 15.3 Å². The van der Waals surface area contributed by atoms with Crippen LogP contribution in [0.15, 0.2) is 79.1 Å². The Labute approximate surface area is 131 Å². The third-order valence-corrected chi connectivity index (χ3v) is 3.66. The molecule has 0 saturated heterocycles. The van der Waals surface area contributed by atoms with E-state index in [4.69, 9.17) is 0 Å². The van der Waals surface area contributed by atoms with Gasteiger partial charge in [0.2, 0.25) is 0 Å². The zero-order valence-electron chi connectivity index (χ0n) is 12.6. The van der Waals surface area contributed by atoms with Crippen LogP contribution in [0.25, 0.3) is 0 Å². The summed E-state index contributed by atoms with van der Waals surface area (Å²) in [7, 11) is 0. The highest BCUT2D eigenvalue weighted by Gasteiger charge is 2.18. The second kappa shape index (κ2) is 6.96. The van der Waals surface area contributed by atoms with Crippen molar-refractivity contribution in [1.29, 1.82) is 0 Å². The van der Waals surface area contributed by atoms with Crippen molar-refractivity contribution >= 4 is 0 Å². The Morgan fingerprint density at radius 1 is 0.727 bits per heavy atom. The smallest absolute Gasteiger partial charge is 0.0756 e. The summed E-state index contributed by atoms with van der Waals surface area (Å²) in [5, 5.41) is 3.64. The van der Waals surface area contributed by atoms with Crippen LogP contribution in [0.2, 0.25) is 0 Å². The first kappa shape index (κ1) is 14.4. The summed E-state index contributed by atoms with van der Waals surface area (Å²) in [6.07, 6.45) is 3.66. The largest absolute Gasteiger partial charge is 0.297 e. The average molecular weight is 289 g/mol. The van der Waals surface area contributed by atoms with Gasteiger partial charge < -0.3 is 0 Å². The fourth-order valence-corrected chi connectivity index (χ4v) is 2.51. The fraction of sp³-hybridized carbons (Fsp3) is 0.158. The van der Waals surface area contributed by atoms with E-state index in [1.807, 2.05) is 48.8 Å². The van der Waals surface area contributed by atoms with Gasteiger partial charge in [-0.15, -0.1) is 0 Å². The number of rotatable bonds is 5. The first-order chi connectivity index (χ1) is 10.8. The number of hydrogen-bond acceptors (Lipinski definition) is 3. The summed E-state index contributed by atoms with van der Waals surface area (Å²) in [5.74, 6) is 0. The molecule has 3 heteroatoms. The average Bonchev–Trinajstić information content (AvgIpc) is 2.62. The molecule has 0 bridgehead atoms. The molecule has 2 heterocycles. The second-order valence-electron chi connectivity index (χ2n) is 5.24. The van der Waals surface area contributed by atoms with Crippen LogP contribution in [-0.2, 0) is 0 Å². The third kappa shape index (κ3) is 3.38. The summed E-state index contributed by atoms with van der Waals surface area (Å²) in [6.45, 7) is 2.13. The first-order valence-corrected chi connectivity index (χ1v) is 7.47. The van der Waals surface area contributed by atoms with E-state index in [1.165, 1.54) is 5.56 Å². The molecule has 0 aliphatic carbocycles. The molecule has 22 heavy (non-hydrogen) atoms. The van der Waals surface area contributed by atoms with E-state index in [0.29, 0.717) is 0 Å². The Kier molecular flexibility index (Phi) is 4.56. The fourth-order valence-electron chi connectivity index (χ4n) is 2.51. The number of nitrogens with one attached hydrogen (secondary N) is 1. The molecule has 0 unspecified atom stereocenters. The van der Waals surface area contributed by atoms with Crippen molar-refractivity contribution in [3.05, 3.63) is 96.1 Å². The van der Waals surface area contributed by atoms with Crippen molar-refractivity contribution in [2.24, 2.45) is 0 Å². The lowest BCUT2D eigenvalue weighted by Gasteiger charge is -2.23. The molecule has 3 nitrogen and oxygen atoms in total. The first-order valence-electron chi connectivity index (χ1n) is 7.47. The predicted molar refractivity (Wildman–Crippen MR) is 88.3 cm³/mol. The van der Waals surface area contributed by atoms with E-state index in [9.17, 15) is 0 Å². The Morgan fingerprint density at radius 3 is 1.91 bits per heavy atom. The van der Waals surface area contributed by atoms with Gasteiger partial charge in [0.1, 0.15) is 0 Å². The number of benzene rings is 1. The summed E-state index contributed by atoms with van der Waals surface area (Å²) in [5.41, 5.74) is 3.24. The molecular formula is C19H19N3. The van der Waals surface area contributed by atoms with Crippen molar-refractivity contribution in [2.45, 2.75) is 19.0 Å². The van der Waals surface area contributed by atoms with E-state index < -0.39 is 0 Å². The zero-order valence-corrected chi connectivity index (χ0v) is 12.6. The molecule has 1 N–H and O–H groups in total. The topological polar surface area (TPSA) is 37.8 Å². The molecule has 0 aliphatic heterocycles. The predicted octanol–water partition coefficient (Wildman–Crippen LogP) is 3.92. The van der Waals surface area contributed by atoms with Gasteiger partial charge in [-0.1, -0.05) is 42.5 Å². The van der Waals surface area contributed by atoms with Crippen LogP contribution < -0.4 is 5.32 Å². The highest BCUT2D eigenvalue weighted by Crippen LogP contribution is 2.23. The standard InChI is InChI=1S/C19H19N3/c1-15(17-11-5-7-13-20-17)22-19(16-9-3-2-4-10-16)18-12-6-8-14-21-18/h2-15,19,22H,1H3/t15-,19+/m0/s1. The molecule has 0 saturated carbocycles. The van der Waals surface area contributed by atoms with Crippen molar-refractivity contribution in [2.75, 3.05) is 0 Å². The molecule has 0 amide bonds. The Morgan fingerprint density at radius 2 is 1.32 bits per heavy atom. The number of pyridine rings is 2. The van der Waals surface area contributed by atoms with Crippen LogP contribution in [0.1, 0.15) is 36.0 Å². The Hall–Kier alpha value is -2.52. The minimum atomic E-state index is 0.0411. The lowest BCUT2D eigenvalue weighted by Crippen LogP contribution is -2.26. The van der Waals surface area contributed by atoms with Gasteiger partial charge in [-0.2, -0.15) is 0 Å². The maximum Gasteiger partial charge on any atom is 0.0756 e. The summed E-state index contributed by atoms with van der Waals surface area (Å²) in [6, 6.07) is 22.6. The Balaban J connectivity index is 1.90. The van der Waals surface area contributed by atoms with E-state index in [1.54, 1.807) is 0 Å². The molecule has 0 fully saturated rings. The number of nitrogens with zero attached hydrogens (tertiary/aromatic N) is 2. The molecule has 110 valence electrons. The van der Waals surface area contributed by atoms with E-state index in [2.05, 4.69) is 52.5 Å². The molecule has 3 aromatic rings. The van der Waals surface area contributed by atoms with E-state index in [-0.39, 0.29) is 12.1 Å². The number of aromatic nitrogens is 2. The minimum Gasteiger partial charge on any atom is -0.297 e. The van der Waals surface area contributed by atoms with Gasteiger partial charge in [-0.3, -0.25) is 15.3 Å². The molecule has 0 aliphatic rings. The highest BCUT2D eigenvalue weighted by atomic mass is 15.0. The van der Waals surface area contributed by atoms with Crippen LogP contribution in [0.4, 0.5) is 0 Å². The summed E-state index contributed by atoms with van der Waals surface area (Å²) in [4.78, 5) is 8.96. The van der Waals surface area contributed by atoms with E-state index in [0.717, 1.165) is 11.4 Å². The van der Waals surface area contributed by atoms with Crippen LogP contribution in [0.3, 0.4) is 0 Å². The zero-order chi connectivity index (χ0) is 15.2. The van der Waals surface area contributed by atoms with Gasteiger partial charge in [-0.25, -0.2) is 0 Å². The molecule has 2 atom stereocenters. The molecule has 3 rings (SSSR count). The maximum absolute atomic E-state index is 4.52. The Bertz CT molecular complexity index is 644. The van der Waals surface area contributed by atoms with Crippen molar-refractivity contribution in [3.8, 4) is 0 Å². The highest BCUT2D eigenvalue weighted by molar-refractivity contribution is 5.28. The summed E-state index contributed by atoms with van der Waals surface area (Å²) < 4.78 is 0. The quantitative estimate of drug-likeness (QED) is 0.773. The van der Waals surface area contributed by atoms with Crippen molar-refractivity contribution < 1.29 is 0 Å². The molecule has 0 radical (unpaired) electrons. The lowest BCUT2D eigenvalue weighted by atomic mass is 10.0. The second-order valence-corrected chi connectivity index (χ2v) is 5.24. The van der Waals surface area contributed by atoms with E-state index >= 15 is 0 Å². The minimum absolute atomic E-state index is 0.0411. The SMILES string of the molecule is C[C@H](N[C@H](c1ccccc1)c1ccccn1)c1ccccn1. The lowest BCUT2D eigenvalue weighted by molar-refractivity contribution is 0.499. The van der Waals surface area contributed by atoms with Gasteiger partial charge in [0.15, 0.2) is 0 Å². The molecule has 2 aromatic heterocycles. The van der Waals surface area contributed by atoms with Crippen molar-refractivity contribution in [3.63, 3.8) is 0 Å². The van der Waals surface area contributed by atoms with Crippen LogP contribution in [-0.4, -0.2) is 9.97 Å². The van der Waals surface area contributed by atoms with Gasteiger partial charge in [0.25, 0.3) is 0 Å². The molecular weight excluding hydrogens is 270 g/mol. The van der Waals surface area contributed by atoms with Crippen LogP contribution >= 0.6 is 0 Å². The van der Waals surface area contributed by atoms with Crippen LogP contribution in [0, 0.1) is 0 Å². The number of hydrogen-bond donors (Lipinski definition) is 1. The maximum atomic E-state index is 4.52.